The molecule has 1 aromatic heterocycles. The number of anilines is 1. The van der Waals surface area contributed by atoms with Crippen LogP contribution in [0.25, 0.3) is 0 Å². The highest BCUT2D eigenvalue weighted by Gasteiger charge is 2.69. The molecule has 7 nitrogen and oxygen atoms in total. The molecule has 0 atom stereocenters. The number of aromatic nitrogens is 2. The molecule has 2 amide bonds. The average Bonchev–Trinajstić information content (AvgIpc) is 3.39. The predicted octanol–water partition coefficient (Wildman–Crippen LogP) is 5.84. The number of hydrogen-bond acceptors (Lipinski definition) is 5. The maximum absolute atomic E-state index is 14.2. The molecule has 6 fully saturated rings. The van der Waals surface area contributed by atoms with Crippen molar-refractivity contribution in [2.45, 2.75) is 95.1 Å². The third-order valence-corrected chi connectivity index (χ3v) is 9.83. The molecule has 8 rings (SSSR count). The fourth-order valence-electron chi connectivity index (χ4n) is 7.65. The first-order valence-electron chi connectivity index (χ1n) is 14.0. The van der Waals surface area contributed by atoms with E-state index in [0.29, 0.717) is 55.8 Å². The highest BCUT2D eigenvalue weighted by atomic mass is 19.3. The Labute approximate surface area is 225 Å². The molecule has 1 N–H and O–H groups in total. The minimum absolute atomic E-state index is 0.0328. The summed E-state index contributed by atoms with van der Waals surface area (Å²) in [4.78, 5) is 32.3. The van der Waals surface area contributed by atoms with Gasteiger partial charge in [0, 0.05) is 43.1 Å². The minimum Gasteiger partial charge on any atom is -0.352 e. The highest BCUT2D eigenvalue weighted by molar-refractivity contribution is 5.98. The second-order valence-electron chi connectivity index (χ2n) is 12.8. The summed E-state index contributed by atoms with van der Waals surface area (Å²) < 4.78 is 46.6. The lowest BCUT2D eigenvalue weighted by molar-refractivity contribution is -0.215. The number of carbonyl (C=O) groups is 2. The zero-order valence-electron chi connectivity index (χ0n) is 22.5. The number of rotatable bonds is 9. The normalized spacial score (nSPS) is 32.7. The van der Waals surface area contributed by atoms with E-state index in [0.717, 1.165) is 45.4 Å². The van der Waals surface area contributed by atoms with Gasteiger partial charge in [0.15, 0.2) is 5.82 Å². The smallest absolute Gasteiger partial charge is 0.322 e. The van der Waals surface area contributed by atoms with E-state index in [1.807, 2.05) is 17.9 Å². The molecule has 6 saturated carbocycles. The van der Waals surface area contributed by atoms with E-state index in [1.54, 1.807) is 18.2 Å². The summed E-state index contributed by atoms with van der Waals surface area (Å²) in [5.74, 6) is -3.70. The Kier molecular flexibility index (Phi) is 5.94. The lowest BCUT2D eigenvalue weighted by Crippen LogP contribution is -2.65. The van der Waals surface area contributed by atoms with Gasteiger partial charge in [0.2, 0.25) is 5.91 Å². The van der Waals surface area contributed by atoms with E-state index >= 15 is 0 Å². The highest BCUT2D eigenvalue weighted by Crippen LogP contribution is 2.71. The van der Waals surface area contributed by atoms with E-state index in [1.165, 1.54) is 0 Å². The van der Waals surface area contributed by atoms with Crippen molar-refractivity contribution in [3.8, 4) is 0 Å². The summed E-state index contributed by atoms with van der Waals surface area (Å²) in [6, 6.07) is 7.15. The molecule has 6 aliphatic rings. The number of fused-ring (bicyclic) bond motifs is 3. The molecule has 0 spiro atoms. The minimum atomic E-state index is -3.18. The van der Waals surface area contributed by atoms with E-state index < -0.39 is 17.5 Å². The van der Waals surface area contributed by atoms with Gasteiger partial charge in [-0.25, -0.2) is 4.39 Å². The van der Waals surface area contributed by atoms with Crippen molar-refractivity contribution < 1.29 is 27.3 Å². The average molecular weight is 545 g/mol. The van der Waals surface area contributed by atoms with Gasteiger partial charge in [0.05, 0.1) is 0 Å². The summed E-state index contributed by atoms with van der Waals surface area (Å²) in [6.07, 6.45) is 6.28. The standard InChI is InChI=1S/C29H35F3N4O3/c1-3-33-22(38)19-5-4-6-20(13-19)36(21(37)14-27-15-29(32,16-27)17-27)18-26-7-10-28(11-8-26,12-9-26)23-34-24(39-35-23)25(2,30)31/h4-6,13H,3,7-12,14-18H2,1-2H3,(H,33,38). The molecule has 0 unspecified atom stereocenters. The largest absolute Gasteiger partial charge is 0.352 e. The van der Waals surface area contributed by atoms with Crippen molar-refractivity contribution >= 4 is 17.5 Å². The first-order chi connectivity index (χ1) is 18.4. The van der Waals surface area contributed by atoms with Crippen LogP contribution in [0.4, 0.5) is 18.9 Å². The van der Waals surface area contributed by atoms with Gasteiger partial charge in [0.1, 0.15) is 5.67 Å². The Morgan fingerprint density at radius 3 is 2.31 bits per heavy atom. The molecule has 6 aliphatic carbocycles. The van der Waals surface area contributed by atoms with Crippen LogP contribution in [0.1, 0.15) is 100 Å². The quantitative estimate of drug-likeness (QED) is 0.429. The molecule has 2 aromatic rings. The lowest BCUT2D eigenvalue weighted by atomic mass is 9.41. The fraction of sp³-hybridized carbons (Fsp3) is 0.655. The van der Waals surface area contributed by atoms with Crippen LogP contribution in [0.5, 0.6) is 0 Å². The second-order valence-corrected chi connectivity index (χ2v) is 12.8. The van der Waals surface area contributed by atoms with E-state index in [-0.39, 0.29) is 28.1 Å². The number of amides is 2. The number of alkyl halides is 3. The van der Waals surface area contributed by atoms with E-state index in [9.17, 15) is 22.8 Å². The molecule has 10 heteroatoms. The van der Waals surface area contributed by atoms with Gasteiger partial charge in [-0.05, 0) is 93.7 Å². The Balaban J connectivity index is 1.23. The third kappa shape index (κ3) is 4.53. The number of hydrogen-bond donors (Lipinski definition) is 1. The van der Waals surface area contributed by atoms with Gasteiger partial charge in [-0.1, -0.05) is 11.2 Å². The first-order valence-corrected chi connectivity index (χ1v) is 14.0. The first kappa shape index (κ1) is 26.3. The zero-order chi connectivity index (χ0) is 27.7. The molecular formula is C29H35F3N4O3. The fourth-order valence-corrected chi connectivity index (χ4v) is 7.65. The number of nitrogens with one attached hydrogen (secondary N) is 1. The van der Waals surface area contributed by atoms with Crippen LogP contribution < -0.4 is 10.2 Å². The molecule has 0 aliphatic heterocycles. The van der Waals surface area contributed by atoms with Gasteiger partial charge >= 0.3 is 5.92 Å². The number of benzene rings is 1. The predicted molar refractivity (Wildman–Crippen MR) is 137 cm³/mol. The van der Waals surface area contributed by atoms with Crippen molar-refractivity contribution in [1.29, 1.82) is 0 Å². The van der Waals surface area contributed by atoms with Crippen LogP contribution in [0.2, 0.25) is 0 Å². The summed E-state index contributed by atoms with van der Waals surface area (Å²) in [7, 11) is 0. The molecule has 4 bridgehead atoms. The van der Waals surface area contributed by atoms with Crippen molar-refractivity contribution in [3.63, 3.8) is 0 Å². The van der Waals surface area contributed by atoms with Gasteiger partial charge in [-0.15, -0.1) is 0 Å². The lowest BCUT2D eigenvalue weighted by Gasteiger charge is -2.66. The molecular weight excluding hydrogens is 509 g/mol. The Bertz CT molecular complexity index is 1260. The zero-order valence-corrected chi connectivity index (χ0v) is 22.5. The number of nitrogens with zero attached hydrogens (tertiary/aromatic N) is 3. The SMILES string of the molecule is CCNC(=O)c1cccc(N(CC23CCC(c4noc(C(C)(F)F)n4)(CC2)CC3)C(=O)CC23CC(F)(C2)C3)c1. The topological polar surface area (TPSA) is 88.3 Å². The van der Waals surface area contributed by atoms with Crippen LogP contribution in [-0.2, 0) is 16.1 Å². The molecule has 0 saturated heterocycles. The van der Waals surface area contributed by atoms with Gasteiger partial charge < -0.3 is 14.7 Å². The Morgan fingerprint density at radius 1 is 1.08 bits per heavy atom. The van der Waals surface area contributed by atoms with Crippen molar-refractivity contribution in [3.05, 3.63) is 41.5 Å². The summed E-state index contributed by atoms with van der Waals surface area (Å²) in [5, 5.41) is 6.75. The maximum Gasteiger partial charge on any atom is 0.322 e. The molecule has 1 aromatic carbocycles. The van der Waals surface area contributed by atoms with E-state index in [2.05, 4.69) is 15.5 Å². The van der Waals surface area contributed by atoms with Crippen LogP contribution in [-0.4, -0.2) is 40.7 Å². The van der Waals surface area contributed by atoms with Crippen LogP contribution in [0, 0.1) is 10.8 Å². The van der Waals surface area contributed by atoms with Crippen molar-refractivity contribution in [2.24, 2.45) is 10.8 Å². The summed E-state index contributed by atoms with van der Waals surface area (Å²) >= 11 is 0. The van der Waals surface area contributed by atoms with Crippen LogP contribution >= 0.6 is 0 Å². The Hall–Kier alpha value is -2.91. The molecule has 1 heterocycles. The number of halogens is 3. The number of carbonyl (C=O) groups excluding carboxylic acids is 2. The summed E-state index contributed by atoms with van der Waals surface area (Å²) in [5.41, 5.74) is -0.663. The van der Waals surface area contributed by atoms with Gasteiger partial charge in [-0.3, -0.25) is 9.59 Å². The van der Waals surface area contributed by atoms with Crippen molar-refractivity contribution in [2.75, 3.05) is 18.0 Å². The van der Waals surface area contributed by atoms with Crippen LogP contribution in [0.3, 0.4) is 0 Å². The monoisotopic (exact) mass is 544 g/mol. The molecule has 210 valence electrons. The molecule has 0 radical (unpaired) electrons. The molecule has 39 heavy (non-hydrogen) atoms. The van der Waals surface area contributed by atoms with Crippen LogP contribution in [0.15, 0.2) is 28.8 Å². The maximum atomic E-state index is 14.2. The van der Waals surface area contributed by atoms with Gasteiger partial charge in [-0.2, -0.15) is 13.8 Å². The van der Waals surface area contributed by atoms with Gasteiger partial charge in [0.25, 0.3) is 11.8 Å². The summed E-state index contributed by atoms with van der Waals surface area (Å²) in [6.45, 7) is 3.61. The van der Waals surface area contributed by atoms with E-state index in [4.69, 9.17) is 4.52 Å². The third-order valence-electron chi connectivity index (χ3n) is 9.83. The second kappa shape index (κ2) is 8.80. The Morgan fingerprint density at radius 2 is 1.74 bits per heavy atom. The van der Waals surface area contributed by atoms with Crippen molar-refractivity contribution in [1.82, 2.24) is 15.5 Å².